The molecule has 0 saturated carbocycles. The quantitative estimate of drug-likeness (QED) is 0.619. The van der Waals surface area contributed by atoms with E-state index < -0.39 is 0 Å². The third-order valence-corrected chi connectivity index (χ3v) is 4.91. The number of para-hydroxylation sites is 2. The van der Waals surface area contributed by atoms with Gasteiger partial charge >= 0.3 is 0 Å². The van der Waals surface area contributed by atoms with Gasteiger partial charge in [0.1, 0.15) is 0 Å². The molecule has 4 rings (SSSR count). The molecule has 0 aromatic heterocycles. The Hall–Kier alpha value is -3.73. The Kier molecular flexibility index (Phi) is 4.96. The first-order valence-corrected chi connectivity index (χ1v) is 9.18. The summed E-state index contributed by atoms with van der Waals surface area (Å²) in [6.07, 6.45) is 4.05. The number of rotatable bonds is 4. The first kappa shape index (κ1) is 18.6. The SMILES string of the molecule is COc1cc(C(=O)N2c3ccccc3C=Cc3ccccc32)cc(OC)c1OC. The van der Waals surface area contributed by atoms with Crippen LogP contribution in [0.25, 0.3) is 12.2 Å². The molecule has 146 valence electrons. The standard InChI is InChI=1S/C24H21NO4/c1-27-21-14-18(15-22(28-2)23(21)29-3)24(26)25-19-10-6-4-8-16(19)12-13-17-9-5-7-11-20(17)25/h4-15H,1-3H3. The largest absolute Gasteiger partial charge is 0.493 e. The molecule has 3 aromatic rings. The van der Waals surface area contributed by atoms with Crippen molar-refractivity contribution in [1.29, 1.82) is 0 Å². The highest BCUT2D eigenvalue weighted by atomic mass is 16.5. The number of benzene rings is 3. The first-order chi connectivity index (χ1) is 14.2. The van der Waals surface area contributed by atoms with Gasteiger partial charge in [0.05, 0.1) is 32.7 Å². The molecule has 0 spiro atoms. The van der Waals surface area contributed by atoms with Crippen LogP contribution < -0.4 is 19.1 Å². The third-order valence-electron chi connectivity index (χ3n) is 4.91. The van der Waals surface area contributed by atoms with E-state index in [1.54, 1.807) is 17.0 Å². The fourth-order valence-electron chi connectivity index (χ4n) is 3.53. The van der Waals surface area contributed by atoms with Crippen LogP contribution in [-0.2, 0) is 0 Å². The average Bonchev–Trinajstić information content (AvgIpc) is 2.94. The minimum absolute atomic E-state index is 0.187. The predicted molar refractivity (Wildman–Crippen MR) is 114 cm³/mol. The molecular formula is C24H21NO4. The van der Waals surface area contributed by atoms with Crippen LogP contribution in [0.3, 0.4) is 0 Å². The Balaban J connectivity index is 1.91. The summed E-state index contributed by atoms with van der Waals surface area (Å²) in [6, 6.07) is 19.0. The van der Waals surface area contributed by atoms with Crippen molar-refractivity contribution in [3.8, 4) is 17.2 Å². The monoisotopic (exact) mass is 387 g/mol. The van der Waals surface area contributed by atoms with E-state index in [0.717, 1.165) is 22.5 Å². The Labute approximate surface area is 169 Å². The molecule has 5 heteroatoms. The first-order valence-electron chi connectivity index (χ1n) is 9.18. The van der Waals surface area contributed by atoms with Gasteiger partial charge in [-0.05, 0) is 35.4 Å². The van der Waals surface area contributed by atoms with Crippen molar-refractivity contribution >= 4 is 29.4 Å². The number of methoxy groups -OCH3 is 3. The topological polar surface area (TPSA) is 48.0 Å². The van der Waals surface area contributed by atoms with Crippen LogP contribution in [-0.4, -0.2) is 27.2 Å². The molecule has 0 unspecified atom stereocenters. The van der Waals surface area contributed by atoms with Gasteiger partial charge in [0.2, 0.25) is 5.75 Å². The van der Waals surface area contributed by atoms with Crippen molar-refractivity contribution in [2.45, 2.75) is 0 Å². The van der Waals surface area contributed by atoms with Crippen molar-refractivity contribution < 1.29 is 19.0 Å². The molecule has 3 aromatic carbocycles. The Morgan fingerprint density at radius 2 is 1.21 bits per heavy atom. The van der Waals surface area contributed by atoms with Gasteiger partial charge in [0, 0.05) is 5.56 Å². The summed E-state index contributed by atoms with van der Waals surface area (Å²) in [7, 11) is 4.60. The van der Waals surface area contributed by atoms with Crippen LogP contribution in [0, 0.1) is 0 Å². The van der Waals surface area contributed by atoms with Crippen LogP contribution >= 0.6 is 0 Å². The molecule has 1 amide bonds. The number of nitrogens with zero attached hydrogens (tertiary/aromatic N) is 1. The van der Waals surface area contributed by atoms with E-state index in [4.69, 9.17) is 14.2 Å². The summed E-state index contributed by atoms with van der Waals surface area (Å²) < 4.78 is 16.3. The lowest BCUT2D eigenvalue weighted by Gasteiger charge is -2.25. The minimum Gasteiger partial charge on any atom is -0.493 e. The van der Waals surface area contributed by atoms with Crippen LogP contribution in [0.2, 0.25) is 0 Å². The highest BCUT2D eigenvalue weighted by Crippen LogP contribution is 2.41. The van der Waals surface area contributed by atoms with Crippen LogP contribution in [0.1, 0.15) is 21.5 Å². The summed E-state index contributed by atoms with van der Waals surface area (Å²) in [5, 5.41) is 0. The highest BCUT2D eigenvalue weighted by Gasteiger charge is 2.27. The number of anilines is 2. The Morgan fingerprint density at radius 3 is 1.66 bits per heavy atom. The zero-order valence-corrected chi connectivity index (χ0v) is 16.5. The zero-order chi connectivity index (χ0) is 20.4. The van der Waals surface area contributed by atoms with Crippen molar-refractivity contribution in [3.05, 3.63) is 77.4 Å². The third kappa shape index (κ3) is 3.21. The molecule has 0 aliphatic carbocycles. The van der Waals surface area contributed by atoms with Gasteiger partial charge in [-0.2, -0.15) is 0 Å². The maximum Gasteiger partial charge on any atom is 0.263 e. The lowest BCUT2D eigenvalue weighted by molar-refractivity contribution is 0.0998. The molecule has 0 radical (unpaired) electrons. The van der Waals surface area contributed by atoms with Crippen molar-refractivity contribution in [3.63, 3.8) is 0 Å². The van der Waals surface area contributed by atoms with Gasteiger partial charge < -0.3 is 14.2 Å². The molecule has 0 N–H and O–H groups in total. The summed E-state index contributed by atoms with van der Waals surface area (Å²) in [5.41, 5.74) is 3.99. The molecule has 0 saturated heterocycles. The number of fused-ring (bicyclic) bond motifs is 2. The highest BCUT2D eigenvalue weighted by molar-refractivity contribution is 6.14. The number of carbonyl (C=O) groups excluding carboxylic acids is 1. The number of ether oxygens (including phenoxy) is 3. The van der Waals surface area contributed by atoms with E-state index in [2.05, 4.69) is 0 Å². The van der Waals surface area contributed by atoms with Crippen LogP contribution in [0.15, 0.2) is 60.7 Å². The number of amides is 1. The molecule has 0 bridgehead atoms. The smallest absolute Gasteiger partial charge is 0.263 e. The van der Waals surface area contributed by atoms with Crippen LogP contribution in [0.4, 0.5) is 11.4 Å². The second-order valence-corrected chi connectivity index (χ2v) is 6.51. The molecule has 29 heavy (non-hydrogen) atoms. The maximum atomic E-state index is 13.8. The van der Waals surface area contributed by atoms with Gasteiger partial charge in [0.25, 0.3) is 5.91 Å². The fourth-order valence-corrected chi connectivity index (χ4v) is 3.53. The van der Waals surface area contributed by atoms with Crippen molar-refractivity contribution in [1.82, 2.24) is 0 Å². The van der Waals surface area contributed by atoms with Gasteiger partial charge in [-0.25, -0.2) is 0 Å². The minimum atomic E-state index is -0.187. The van der Waals surface area contributed by atoms with Gasteiger partial charge in [-0.3, -0.25) is 9.69 Å². The summed E-state index contributed by atoms with van der Waals surface area (Å²) in [4.78, 5) is 15.5. The van der Waals surface area contributed by atoms with Gasteiger partial charge in [0.15, 0.2) is 11.5 Å². The molecular weight excluding hydrogens is 366 g/mol. The summed E-state index contributed by atoms with van der Waals surface area (Å²) in [6.45, 7) is 0. The predicted octanol–water partition coefficient (Wildman–Crippen LogP) is 5.17. The van der Waals surface area contributed by atoms with Crippen molar-refractivity contribution in [2.24, 2.45) is 0 Å². The van der Waals surface area contributed by atoms with Gasteiger partial charge in [-0.1, -0.05) is 48.6 Å². The molecule has 0 fully saturated rings. The Bertz CT molecular complexity index is 1030. The summed E-state index contributed by atoms with van der Waals surface area (Å²) >= 11 is 0. The Morgan fingerprint density at radius 1 is 0.724 bits per heavy atom. The van der Waals surface area contributed by atoms with E-state index in [0.29, 0.717) is 22.8 Å². The lowest BCUT2D eigenvalue weighted by Crippen LogP contribution is -2.27. The average molecular weight is 387 g/mol. The molecule has 5 nitrogen and oxygen atoms in total. The molecule has 1 heterocycles. The van der Waals surface area contributed by atoms with E-state index in [1.165, 1.54) is 21.3 Å². The van der Waals surface area contributed by atoms with E-state index in [1.807, 2.05) is 60.7 Å². The summed E-state index contributed by atoms with van der Waals surface area (Å²) in [5.74, 6) is 1.13. The van der Waals surface area contributed by atoms with Crippen LogP contribution in [0.5, 0.6) is 17.2 Å². The maximum absolute atomic E-state index is 13.8. The number of hydrogen-bond acceptors (Lipinski definition) is 4. The second kappa shape index (κ2) is 7.72. The number of hydrogen-bond donors (Lipinski definition) is 0. The zero-order valence-electron chi connectivity index (χ0n) is 16.5. The van der Waals surface area contributed by atoms with Crippen molar-refractivity contribution in [2.75, 3.05) is 26.2 Å². The van der Waals surface area contributed by atoms with E-state index >= 15 is 0 Å². The lowest BCUT2D eigenvalue weighted by atomic mass is 10.1. The second-order valence-electron chi connectivity index (χ2n) is 6.51. The molecule has 1 aliphatic heterocycles. The molecule has 1 aliphatic rings. The normalized spacial score (nSPS) is 11.9. The van der Waals surface area contributed by atoms with E-state index in [9.17, 15) is 4.79 Å². The van der Waals surface area contributed by atoms with Gasteiger partial charge in [-0.15, -0.1) is 0 Å². The van der Waals surface area contributed by atoms with E-state index in [-0.39, 0.29) is 5.91 Å². The number of carbonyl (C=O) groups is 1. The fraction of sp³-hybridized carbons (Fsp3) is 0.125. The molecule has 0 atom stereocenters.